The zero-order valence-electron chi connectivity index (χ0n) is 22.1. The van der Waals surface area contributed by atoms with Gasteiger partial charge >= 0.3 is 0 Å². The van der Waals surface area contributed by atoms with Crippen LogP contribution in [-0.2, 0) is 20.0 Å². The van der Waals surface area contributed by atoms with Gasteiger partial charge in [0, 0.05) is 17.6 Å². The summed E-state index contributed by atoms with van der Waals surface area (Å²) in [5, 5.41) is 17.8. The Balaban J connectivity index is 0.000000225. The van der Waals surface area contributed by atoms with Crippen molar-refractivity contribution in [1.82, 2.24) is 15.8 Å². The molecule has 0 spiro atoms. The Hall–Kier alpha value is -2.46. The third-order valence-electron chi connectivity index (χ3n) is 6.59. The molecule has 12 nitrogen and oxygen atoms in total. The number of hydrazine groups is 1. The standard InChI is InChI=1S/C14H20ClN3O3S.C10H12ClN3O3S/c1-9-4-3-5-10(2)18(9)17-14(19)11-6-7-12(15)13(8-11)22(16,20)21;1-2-9-13-7-4-6(11)8(18(12,16)17)3-5(7)10(15)14-9/h6-10H,3-5H2,1-2H3,(H,17,19)(H2,16,20,21);3-4,9,13H,2H2,1H3,(H,14,15)(H2,12,16,17). The maximum atomic E-state index is 12.4. The molecule has 0 radical (unpaired) electrons. The molecule has 0 bridgehead atoms. The number of hydrogen-bond acceptors (Lipinski definition) is 8. The van der Waals surface area contributed by atoms with E-state index in [1.54, 1.807) is 0 Å². The quantitative estimate of drug-likeness (QED) is 0.331. The molecule has 0 aliphatic carbocycles. The van der Waals surface area contributed by atoms with Crippen LogP contribution in [0.1, 0.15) is 67.2 Å². The third-order valence-corrected chi connectivity index (χ3v) is 9.36. The first-order valence-corrected chi connectivity index (χ1v) is 16.2. The normalized spacial score (nSPS) is 21.3. The molecule has 2 aromatic rings. The molecule has 3 atom stereocenters. The monoisotopic (exact) mass is 634 g/mol. The number of nitrogens with two attached hydrogens (primary N) is 2. The fraction of sp³-hybridized carbons (Fsp3) is 0.417. The molecule has 2 amide bonds. The number of benzene rings is 2. The van der Waals surface area contributed by atoms with Crippen molar-refractivity contribution in [2.75, 3.05) is 5.32 Å². The molecule has 3 unspecified atom stereocenters. The van der Waals surface area contributed by atoms with Crippen LogP contribution in [0.2, 0.25) is 10.0 Å². The minimum absolute atomic E-state index is 0.00115. The predicted molar refractivity (Wildman–Crippen MR) is 153 cm³/mol. The Bertz CT molecular complexity index is 1510. The van der Waals surface area contributed by atoms with Crippen LogP contribution in [0.5, 0.6) is 0 Å². The van der Waals surface area contributed by atoms with Crippen molar-refractivity contribution in [3.63, 3.8) is 0 Å². The molecule has 16 heteroatoms. The topological polar surface area (TPSA) is 194 Å². The summed E-state index contributed by atoms with van der Waals surface area (Å²) in [4.78, 5) is 23.7. The molecule has 4 rings (SSSR count). The second-order valence-corrected chi connectivity index (χ2v) is 13.5. The van der Waals surface area contributed by atoms with Gasteiger partial charge < -0.3 is 10.6 Å². The Kier molecular flexibility index (Phi) is 10.1. The lowest BCUT2D eigenvalue weighted by Gasteiger charge is -2.38. The Labute approximate surface area is 243 Å². The molecule has 1 saturated heterocycles. The van der Waals surface area contributed by atoms with E-state index in [4.69, 9.17) is 33.5 Å². The smallest absolute Gasteiger partial charge is 0.265 e. The average Bonchev–Trinajstić information content (AvgIpc) is 2.85. The van der Waals surface area contributed by atoms with Crippen molar-refractivity contribution < 1.29 is 26.4 Å². The highest BCUT2D eigenvalue weighted by Crippen LogP contribution is 2.30. The SMILES string of the molecule is CC1CCCC(C)N1NC(=O)c1ccc(Cl)c(S(N)(=O)=O)c1.CCC1NC(=O)c2cc(S(N)(=O)=O)c(Cl)cc2N1. The van der Waals surface area contributed by atoms with E-state index in [1.807, 2.05) is 25.8 Å². The molecule has 0 saturated carbocycles. The highest BCUT2D eigenvalue weighted by molar-refractivity contribution is 7.89. The van der Waals surface area contributed by atoms with E-state index in [0.717, 1.165) is 19.3 Å². The number of piperidine rings is 1. The number of nitrogens with one attached hydrogen (secondary N) is 3. The minimum Gasteiger partial charge on any atom is -0.365 e. The fourth-order valence-corrected chi connectivity index (χ4v) is 6.60. The molecule has 2 aromatic carbocycles. The maximum absolute atomic E-state index is 12.4. The molecule has 40 heavy (non-hydrogen) atoms. The zero-order chi connectivity index (χ0) is 30.0. The molecular weight excluding hydrogens is 603 g/mol. The summed E-state index contributed by atoms with van der Waals surface area (Å²) in [6, 6.07) is 7.09. The summed E-state index contributed by atoms with van der Waals surface area (Å²) in [5.41, 5.74) is 3.77. The van der Waals surface area contributed by atoms with Crippen molar-refractivity contribution in [1.29, 1.82) is 0 Å². The van der Waals surface area contributed by atoms with E-state index in [2.05, 4.69) is 16.1 Å². The van der Waals surface area contributed by atoms with Crippen molar-refractivity contribution >= 4 is 60.8 Å². The lowest BCUT2D eigenvalue weighted by molar-refractivity contribution is 0.0369. The van der Waals surface area contributed by atoms with Gasteiger partial charge in [-0.25, -0.2) is 32.1 Å². The van der Waals surface area contributed by atoms with E-state index in [1.165, 1.54) is 30.3 Å². The summed E-state index contributed by atoms with van der Waals surface area (Å²) >= 11 is 11.7. The highest BCUT2D eigenvalue weighted by atomic mass is 35.5. The van der Waals surface area contributed by atoms with Gasteiger partial charge in [-0.2, -0.15) is 0 Å². The maximum Gasteiger partial charge on any atom is 0.265 e. The Morgan fingerprint density at radius 2 is 1.55 bits per heavy atom. The second-order valence-electron chi connectivity index (χ2n) is 9.62. The Morgan fingerprint density at radius 3 is 2.10 bits per heavy atom. The molecule has 2 heterocycles. The van der Waals surface area contributed by atoms with Crippen molar-refractivity contribution in [3.05, 3.63) is 51.5 Å². The number of carbonyl (C=O) groups excluding carboxylic acids is 2. The summed E-state index contributed by atoms with van der Waals surface area (Å²) in [6.07, 6.45) is 3.65. The van der Waals surface area contributed by atoms with Gasteiger partial charge in [-0.3, -0.25) is 15.0 Å². The van der Waals surface area contributed by atoms with Crippen LogP contribution < -0.4 is 26.3 Å². The largest absolute Gasteiger partial charge is 0.365 e. The van der Waals surface area contributed by atoms with E-state index in [9.17, 15) is 26.4 Å². The van der Waals surface area contributed by atoms with Crippen molar-refractivity contribution in [2.24, 2.45) is 10.3 Å². The van der Waals surface area contributed by atoms with Crippen LogP contribution in [0.15, 0.2) is 40.1 Å². The van der Waals surface area contributed by atoms with Gasteiger partial charge in [-0.1, -0.05) is 36.5 Å². The average molecular weight is 636 g/mol. The van der Waals surface area contributed by atoms with Crippen LogP contribution in [-0.4, -0.2) is 51.9 Å². The molecule has 2 aliphatic rings. The minimum atomic E-state index is -3.97. The van der Waals surface area contributed by atoms with Crippen LogP contribution in [0, 0.1) is 0 Å². The number of carbonyl (C=O) groups is 2. The number of amides is 2. The number of rotatable bonds is 5. The number of sulfonamides is 2. The van der Waals surface area contributed by atoms with Crippen LogP contribution >= 0.6 is 23.2 Å². The highest BCUT2D eigenvalue weighted by Gasteiger charge is 2.28. The summed E-state index contributed by atoms with van der Waals surface area (Å²) < 4.78 is 45.6. The lowest BCUT2D eigenvalue weighted by atomic mass is 10.00. The van der Waals surface area contributed by atoms with E-state index < -0.39 is 20.0 Å². The van der Waals surface area contributed by atoms with Gasteiger partial charge in [0.05, 0.1) is 27.5 Å². The van der Waals surface area contributed by atoms with Gasteiger partial charge in [-0.15, -0.1) is 0 Å². The first kappa shape index (κ1) is 32.1. The van der Waals surface area contributed by atoms with Crippen LogP contribution in [0.3, 0.4) is 0 Å². The summed E-state index contributed by atoms with van der Waals surface area (Å²) in [6.45, 7) is 6.00. The van der Waals surface area contributed by atoms with Gasteiger partial charge in [0.25, 0.3) is 11.8 Å². The molecule has 1 fully saturated rings. The number of halogens is 2. The van der Waals surface area contributed by atoms with E-state index in [0.29, 0.717) is 12.1 Å². The van der Waals surface area contributed by atoms with Gasteiger partial charge in [0.15, 0.2) is 0 Å². The van der Waals surface area contributed by atoms with Gasteiger partial charge in [0.1, 0.15) is 9.79 Å². The predicted octanol–water partition coefficient (Wildman–Crippen LogP) is 2.77. The zero-order valence-corrected chi connectivity index (χ0v) is 25.2. The molecule has 220 valence electrons. The lowest BCUT2D eigenvalue weighted by Crippen LogP contribution is -2.54. The van der Waals surface area contributed by atoms with Gasteiger partial charge in [-0.05, 0) is 63.4 Å². The Morgan fingerprint density at radius 1 is 0.975 bits per heavy atom. The summed E-state index contributed by atoms with van der Waals surface area (Å²) in [7, 11) is -7.92. The number of anilines is 1. The van der Waals surface area contributed by atoms with Crippen molar-refractivity contribution in [2.45, 2.75) is 74.5 Å². The molecular formula is C24H32Cl2N6O6S2. The first-order chi connectivity index (χ1) is 18.5. The molecule has 0 aromatic heterocycles. The van der Waals surface area contributed by atoms with E-state index >= 15 is 0 Å². The third kappa shape index (κ3) is 7.63. The van der Waals surface area contributed by atoms with Crippen molar-refractivity contribution in [3.8, 4) is 0 Å². The second kappa shape index (κ2) is 12.6. The number of fused-ring (bicyclic) bond motifs is 1. The number of nitrogens with zero attached hydrogens (tertiary/aromatic N) is 1. The van der Waals surface area contributed by atoms with Crippen LogP contribution in [0.4, 0.5) is 5.69 Å². The van der Waals surface area contributed by atoms with Gasteiger partial charge in [0.2, 0.25) is 20.0 Å². The number of primary sulfonamides is 2. The summed E-state index contributed by atoms with van der Waals surface area (Å²) in [5.74, 6) is -0.723. The number of hydrogen-bond donors (Lipinski definition) is 5. The van der Waals surface area contributed by atoms with Crippen LogP contribution in [0.25, 0.3) is 0 Å². The van der Waals surface area contributed by atoms with E-state index in [-0.39, 0.29) is 61.0 Å². The first-order valence-electron chi connectivity index (χ1n) is 12.4. The molecule has 2 aliphatic heterocycles. The molecule has 7 N–H and O–H groups in total. The fourth-order valence-electron chi connectivity index (χ4n) is 4.43.